The molecule has 0 spiro atoms. The lowest BCUT2D eigenvalue weighted by Crippen LogP contribution is -2.58. The second-order valence-electron chi connectivity index (χ2n) is 12.4. The van der Waals surface area contributed by atoms with Crippen LogP contribution < -0.4 is 5.56 Å². The molecule has 4 bridgehead atoms. The van der Waals surface area contributed by atoms with E-state index < -0.39 is 5.97 Å². The SMILES string of the molecule is CCON=C(C(=O)OCC)c1nc2ccccc2n([C@@H]2CC3CCC[C@H](C2)N3C2CC3CCCCC(C3)C2)c1=O. The van der Waals surface area contributed by atoms with Crippen LogP contribution in [0, 0.1) is 11.8 Å². The highest BCUT2D eigenvalue weighted by molar-refractivity contribution is 6.42. The van der Waals surface area contributed by atoms with Crippen LogP contribution in [0.3, 0.4) is 0 Å². The molecule has 2 aromatic rings. The van der Waals surface area contributed by atoms with Gasteiger partial charge in [-0.1, -0.05) is 49.4 Å². The molecule has 1 aromatic carbocycles. The fourth-order valence-electron chi connectivity index (χ4n) is 8.48. The third kappa shape index (κ3) is 5.31. The number of carbonyl (C=O) groups excluding carboxylic acids is 1. The lowest BCUT2D eigenvalue weighted by atomic mass is 9.73. The molecule has 2 saturated heterocycles. The van der Waals surface area contributed by atoms with Crippen molar-refractivity contribution < 1.29 is 14.4 Å². The van der Waals surface area contributed by atoms with Crippen molar-refractivity contribution in [2.24, 2.45) is 17.0 Å². The molecule has 40 heavy (non-hydrogen) atoms. The van der Waals surface area contributed by atoms with Crippen molar-refractivity contribution in [1.29, 1.82) is 0 Å². The van der Waals surface area contributed by atoms with Gasteiger partial charge < -0.3 is 14.1 Å². The normalized spacial score (nSPS) is 31.0. The molecule has 2 saturated carbocycles. The molecule has 1 aromatic heterocycles. The first kappa shape index (κ1) is 27.4. The zero-order valence-corrected chi connectivity index (χ0v) is 24.1. The largest absolute Gasteiger partial charge is 0.461 e. The van der Waals surface area contributed by atoms with Gasteiger partial charge in [-0.15, -0.1) is 0 Å². The van der Waals surface area contributed by atoms with Gasteiger partial charge in [0, 0.05) is 24.2 Å². The van der Waals surface area contributed by atoms with E-state index in [0.29, 0.717) is 23.6 Å². The maximum atomic E-state index is 14.2. The summed E-state index contributed by atoms with van der Waals surface area (Å²) in [7, 11) is 0. The van der Waals surface area contributed by atoms with Gasteiger partial charge in [0.15, 0.2) is 5.69 Å². The molecule has 8 nitrogen and oxygen atoms in total. The minimum absolute atomic E-state index is 0.00884. The standard InChI is InChI=1S/C32H44N4O4/c1-3-39-32(38)30(34-40-4-2)29-31(37)36(28-15-8-7-14-27(28)33-29)26-19-23-12-9-13-24(20-26)35(23)25-17-21-10-5-6-11-22(16-21)18-25/h7-8,14-15,21-26H,3-6,9-13,16-20H2,1-2H3/t21?,22?,23-,24?,25?,26+/m1/s1. The third-order valence-electron chi connectivity index (χ3n) is 9.92. The lowest BCUT2D eigenvalue weighted by Gasteiger charge is -2.54. The number of nitrogens with zero attached hydrogens (tertiary/aromatic N) is 4. The van der Waals surface area contributed by atoms with Gasteiger partial charge in [0.2, 0.25) is 5.71 Å². The minimum atomic E-state index is -0.687. The average Bonchev–Trinajstić information content (AvgIpc) is 3.12. The maximum absolute atomic E-state index is 14.2. The maximum Gasteiger partial charge on any atom is 0.362 e. The summed E-state index contributed by atoms with van der Waals surface area (Å²) < 4.78 is 7.16. The Morgan fingerprint density at radius 3 is 2.25 bits per heavy atom. The van der Waals surface area contributed by atoms with Crippen molar-refractivity contribution in [2.75, 3.05) is 13.2 Å². The van der Waals surface area contributed by atoms with E-state index in [1.807, 2.05) is 28.8 Å². The molecule has 216 valence electrons. The molecule has 0 N–H and O–H groups in total. The van der Waals surface area contributed by atoms with Crippen molar-refractivity contribution in [3.05, 3.63) is 40.3 Å². The number of oxime groups is 1. The highest BCUT2D eigenvalue weighted by atomic mass is 16.6. The fraction of sp³-hybridized carbons (Fsp3) is 0.688. The Hall–Kier alpha value is -2.74. The van der Waals surface area contributed by atoms with Crippen LogP contribution in [-0.4, -0.2) is 57.5 Å². The van der Waals surface area contributed by atoms with Gasteiger partial charge >= 0.3 is 5.97 Å². The molecule has 3 unspecified atom stereocenters. The molecule has 6 rings (SSSR count). The average molecular weight is 549 g/mol. The van der Waals surface area contributed by atoms with Crippen molar-refractivity contribution in [3.63, 3.8) is 0 Å². The number of hydrogen-bond donors (Lipinski definition) is 0. The Morgan fingerprint density at radius 1 is 0.875 bits per heavy atom. The molecule has 2 aliphatic carbocycles. The Bertz CT molecular complexity index is 1280. The first-order valence-electron chi connectivity index (χ1n) is 15.7. The number of carbonyl (C=O) groups is 1. The fourth-order valence-corrected chi connectivity index (χ4v) is 8.48. The Balaban J connectivity index is 1.36. The number of ether oxygens (including phenoxy) is 1. The van der Waals surface area contributed by atoms with Crippen LogP contribution in [0.15, 0.2) is 34.2 Å². The summed E-state index contributed by atoms with van der Waals surface area (Å²) in [5.41, 5.74) is 1.06. The quantitative estimate of drug-likeness (QED) is 0.254. The molecular weight excluding hydrogens is 504 g/mol. The molecule has 0 amide bonds. The zero-order chi connectivity index (χ0) is 27.6. The van der Waals surface area contributed by atoms with E-state index in [0.717, 1.165) is 30.2 Å². The van der Waals surface area contributed by atoms with Gasteiger partial charge in [-0.05, 0) is 82.8 Å². The Labute approximate surface area is 237 Å². The summed E-state index contributed by atoms with van der Waals surface area (Å²) in [6.07, 6.45) is 15.3. The van der Waals surface area contributed by atoms with Crippen LogP contribution in [-0.2, 0) is 14.4 Å². The molecule has 8 heteroatoms. The zero-order valence-electron chi connectivity index (χ0n) is 24.1. The first-order chi connectivity index (χ1) is 19.6. The lowest BCUT2D eigenvalue weighted by molar-refractivity contribution is -0.135. The van der Waals surface area contributed by atoms with E-state index in [2.05, 4.69) is 15.0 Å². The summed E-state index contributed by atoms with van der Waals surface area (Å²) >= 11 is 0. The van der Waals surface area contributed by atoms with E-state index in [9.17, 15) is 9.59 Å². The minimum Gasteiger partial charge on any atom is -0.461 e. The second-order valence-corrected chi connectivity index (χ2v) is 12.4. The van der Waals surface area contributed by atoms with E-state index >= 15 is 0 Å². The number of benzene rings is 1. The molecular formula is C32H44N4O4. The molecule has 4 fully saturated rings. The predicted molar refractivity (Wildman–Crippen MR) is 155 cm³/mol. The van der Waals surface area contributed by atoms with E-state index in [1.165, 1.54) is 64.2 Å². The predicted octanol–water partition coefficient (Wildman–Crippen LogP) is 5.62. The van der Waals surface area contributed by atoms with Crippen molar-refractivity contribution in [3.8, 4) is 0 Å². The van der Waals surface area contributed by atoms with Crippen molar-refractivity contribution in [1.82, 2.24) is 14.5 Å². The summed E-state index contributed by atoms with van der Waals surface area (Å²) in [6, 6.07) is 9.47. The molecule has 0 radical (unpaired) electrons. The topological polar surface area (TPSA) is 86.0 Å². The smallest absolute Gasteiger partial charge is 0.362 e. The van der Waals surface area contributed by atoms with Crippen LogP contribution >= 0.6 is 0 Å². The second kappa shape index (κ2) is 12.0. The molecule has 3 heterocycles. The number of piperidine rings is 2. The van der Waals surface area contributed by atoms with Crippen LogP contribution in [0.2, 0.25) is 0 Å². The highest BCUT2D eigenvalue weighted by Gasteiger charge is 2.45. The van der Waals surface area contributed by atoms with Crippen LogP contribution in [0.1, 0.15) is 103 Å². The van der Waals surface area contributed by atoms with E-state index in [-0.39, 0.29) is 36.2 Å². The number of rotatable bonds is 7. The summed E-state index contributed by atoms with van der Waals surface area (Å²) in [6.45, 7) is 3.97. The van der Waals surface area contributed by atoms with Gasteiger partial charge in [0.05, 0.1) is 17.6 Å². The number of hydrogen-bond acceptors (Lipinski definition) is 7. The Kier molecular flexibility index (Phi) is 8.24. The molecule has 4 aliphatic rings. The van der Waals surface area contributed by atoms with Gasteiger partial charge in [-0.25, -0.2) is 9.78 Å². The third-order valence-corrected chi connectivity index (χ3v) is 9.92. The monoisotopic (exact) mass is 548 g/mol. The Morgan fingerprint density at radius 2 is 1.57 bits per heavy atom. The van der Waals surface area contributed by atoms with Crippen LogP contribution in [0.25, 0.3) is 11.0 Å². The molecule has 2 aliphatic heterocycles. The highest BCUT2D eigenvalue weighted by Crippen LogP contribution is 2.47. The summed E-state index contributed by atoms with van der Waals surface area (Å²) in [5.74, 6) is 1.10. The van der Waals surface area contributed by atoms with Gasteiger partial charge in [0.25, 0.3) is 5.56 Å². The van der Waals surface area contributed by atoms with Crippen molar-refractivity contribution in [2.45, 2.75) is 115 Å². The van der Waals surface area contributed by atoms with E-state index in [1.54, 1.807) is 13.8 Å². The number of esters is 1. The summed E-state index contributed by atoms with van der Waals surface area (Å²) in [4.78, 5) is 39.9. The van der Waals surface area contributed by atoms with Crippen LogP contribution in [0.4, 0.5) is 0 Å². The van der Waals surface area contributed by atoms with E-state index in [4.69, 9.17) is 9.57 Å². The number of para-hydroxylation sites is 2. The molecule has 5 atom stereocenters. The van der Waals surface area contributed by atoms with Gasteiger partial charge in [-0.3, -0.25) is 9.69 Å². The first-order valence-corrected chi connectivity index (χ1v) is 15.7. The number of aromatic nitrogens is 2. The summed E-state index contributed by atoms with van der Waals surface area (Å²) in [5, 5.41) is 4.01. The van der Waals surface area contributed by atoms with Crippen molar-refractivity contribution >= 4 is 22.7 Å². The van der Waals surface area contributed by atoms with Gasteiger partial charge in [-0.2, -0.15) is 0 Å². The van der Waals surface area contributed by atoms with Crippen LogP contribution in [0.5, 0.6) is 0 Å². The van der Waals surface area contributed by atoms with Gasteiger partial charge in [0.1, 0.15) is 6.61 Å². The number of fused-ring (bicyclic) bond motifs is 5.